The number of amides is 1. The molecule has 0 saturated heterocycles. The largest absolute Gasteiger partial charge is 0.399 e. The molecule has 98 valence electrons. The highest BCUT2D eigenvalue weighted by molar-refractivity contribution is 6.05. The van der Waals surface area contributed by atoms with Crippen LogP contribution in [0.15, 0.2) is 36.4 Å². The zero-order valence-corrected chi connectivity index (χ0v) is 11.4. The Bertz CT molecular complexity index is 633. The average molecular weight is 254 g/mol. The molecule has 0 aliphatic rings. The number of nitrogens with one attached hydrogen (secondary N) is 1. The zero-order valence-electron chi connectivity index (χ0n) is 11.4. The van der Waals surface area contributed by atoms with Gasteiger partial charge in [0.05, 0.1) is 0 Å². The van der Waals surface area contributed by atoms with Gasteiger partial charge in [-0.05, 0) is 50.1 Å². The van der Waals surface area contributed by atoms with Crippen molar-refractivity contribution < 1.29 is 4.79 Å². The molecule has 0 radical (unpaired) electrons. The van der Waals surface area contributed by atoms with Gasteiger partial charge in [-0.15, -0.1) is 0 Å². The lowest BCUT2D eigenvalue weighted by atomic mass is 10.0. The normalized spacial score (nSPS) is 10.3. The first-order valence-electron chi connectivity index (χ1n) is 6.22. The van der Waals surface area contributed by atoms with Gasteiger partial charge in [-0.3, -0.25) is 4.79 Å². The fraction of sp³-hybridized carbons (Fsp3) is 0.188. The van der Waals surface area contributed by atoms with Crippen LogP contribution in [0.4, 0.5) is 11.4 Å². The van der Waals surface area contributed by atoms with Crippen LogP contribution in [-0.4, -0.2) is 5.91 Å². The first-order chi connectivity index (χ1) is 8.97. The van der Waals surface area contributed by atoms with Gasteiger partial charge in [0.1, 0.15) is 0 Å². The van der Waals surface area contributed by atoms with Crippen LogP contribution >= 0.6 is 0 Å². The summed E-state index contributed by atoms with van der Waals surface area (Å²) in [5, 5.41) is 2.91. The number of aryl methyl sites for hydroxylation is 3. The lowest BCUT2D eigenvalue weighted by Crippen LogP contribution is -2.14. The molecule has 3 heteroatoms. The molecule has 0 heterocycles. The number of nitrogen functional groups attached to an aromatic ring is 1. The van der Waals surface area contributed by atoms with Crippen molar-refractivity contribution in [2.75, 3.05) is 11.1 Å². The van der Waals surface area contributed by atoms with Gasteiger partial charge in [0, 0.05) is 16.9 Å². The van der Waals surface area contributed by atoms with Crippen molar-refractivity contribution in [2.24, 2.45) is 0 Å². The van der Waals surface area contributed by atoms with Crippen LogP contribution in [-0.2, 0) is 0 Å². The summed E-state index contributed by atoms with van der Waals surface area (Å²) in [5.41, 5.74) is 10.9. The number of hydrogen-bond acceptors (Lipinski definition) is 2. The number of nitrogens with two attached hydrogens (primary N) is 1. The molecule has 3 N–H and O–H groups in total. The Labute approximate surface area is 113 Å². The maximum atomic E-state index is 12.3. The van der Waals surface area contributed by atoms with Gasteiger partial charge in [0.2, 0.25) is 0 Å². The van der Waals surface area contributed by atoms with Crippen molar-refractivity contribution in [3.05, 3.63) is 58.7 Å². The Morgan fingerprint density at radius 1 is 1.00 bits per heavy atom. The predicted octanol–water partition coefficient (Wildman–Crippen LogP) is 3.45. The molecule has 0 unspecified atom stereocenters. The summed E-state index contributed by atoms with van der Waals surface area (Å²) in [5.74, 6) is -0.105. The van der Waals surface area contributed by atoms with E-state index in [2.05, 4.69) is 5.32 Å². The maximum Gasteiger partial charge on any atom is 0.255 e. The predicted molar refractivity (Wildman–Crippen MR) is 79.5 cm³/mol. The summed E-state index contributed by atoms with van der Waals surface area (Å²) in [6.45, 7) is 5.89. The van der Waals surface area contributed by atoms with Crippen molar-refractivity contribution in [3.8, 4) is 0 Å². The van der Waals surface area contributed by atoms with Crippen molar-refractivity contribution in [1.29, 1.82) is 0 Å². The molecule has 0 aromatic heterocycles. The summed E-state index contributed by atoms with van der Waals surface area (Å²) in [6.07, 6.45) is 0. The smallest absolute Gasteiger partial charge is 0.255 e. The number of hydrogen-bond donors (Lipinski definition) is 2. The minimum Gasteiger partial charge on any atom is -0.399 e. The van der Waals surface area contributed by atoms with Gasteiger partial charge in [0.25, 0.3) is 5.91 Å². The fourth-order valence-electron chi connectivity index (χ4n) is 2.03. The Morgan fingerprint density at radius 2 is 1.74 bits per heavy atom. The molecule has 0 fully saturated rings. The minimum absolute atomic E-state index is 0.105. The number of carbonyl (C=O) groups excluding carboxylic acids is 1. The van der Waals surface area contributed by atoms with Crippen LogP contribution in [0, 0.1) is 20.8 Å². The number of carbonyl (C=O) groups is 1. The highest BCUT2D eigenvalue weighted by atomic mass is 16.1. The van der Waals surface area contributed by atoms with Crippen LogP contribution in [0.2, 0.25) is 0 Å². The molecule has 2 aromatic rings. The van der Waals surface area contributed by atoms with E-state index in [0.29, 0.717) is 11.3 Å². The Hall–Kier alpha value is -2.29. The Kier molecular flexibility index (Phi) is 3.56. The molecule has 19 heavy (non-hydrogen) atoms. The third kappa shape index (κ3) is 2.94. The third-order valence-corrected chi connectivity index (χ3v) is 3.14. The van der Waals surface area contributed by atoms with E-state index in [1.165, 1.54) is 0 Å². The third-order valence-electron chi connectivity index (χ3n) is 3.14. The summed E-state index contributed by atoms with van der Waals surface area (Å²) >= 11 is 0. The molecule has 0 aliphatic carbocycles. The van der Waals surface area contributed by atoms with Gasteiger partial charge in [-0.2, -0.15) is 0 Å². The fourth-order valence-corrected chi connectivity index (χ4v) is 2.03. The summed E-state index contributed by atoms with van der Waals surface area (Å²) in [7, 11) is 0. The lowest BCUT2D eigenvalue weighted by Gasteiger charge is -2.11. The van der Waals surface area contributed by atoms with E-state index < -0.39 is 0 Å². The van der Waals surface area contributed by atoms with E-state index in [1.807, 2.05) is 51.1 Å². The molecule has 1 amide bonds. The van der Waals surface area contributed by atoms with Gasteiger partial charge in [-0.1, -0.05) is 23.8 Å². The van der Waals surface area contributed by atoms with Crippen LogP contribution in [0.25, 0.3) is 0 Å². The first-order valence-corrected chi connectivity index (χ1v) is 6.22. The molecule has 0 bridgehead atoms. The van der Waals surface area contributed by atoms with Crippen molar-refractivity contribution in [2.45, 2.75) is 20.8 Å². The van der Waals surface area contributed by atoms with Crippen molar-refractivity contribution in [1.82, 2.24) is 0 Å². The van der Waals surface area contributed by atoms with Crippen molar-refractivity contribution in [3.63, 3.8) is 0 Å². The summed E-state index contributed by atoms with van der Waals surface area (Å²) in [4.78, 5) is 12.3. The van der Waals surface area contributed by atoms with Crippen molar-refractivity contribution >= 4 is 17.3 Å². The standard InChI is InChI=1S/C16H18N2O/c1-10-4-7-14(12(3)8-10)16(19)18-15-9-13(17)6-5-11(15)2/h4-9H,17H2,1-3H3,(H,18,19). The second kappa shape index (κ2) is 5.14. The summed E-state index contributed by atoms with van der Waals surface area (Å²) in [6, 6.07) is 11.3. The highest BCUT2D eigenvalue weighted by Crippen LogP contribution is 2.20. The Balaban J connectivity index is 2.28. The van der Waals surface area contributed by atoms with Crippen LogP contribution in [0.5, 0.6) is 0 Å². The zero-order chi connectivity index (χ0) is 14.0. The van der Waals surface area contributed by atoms with E-state index in [9.17, 15) is 4.79 Å². The number of rotatable bonds is 2. The maximum absolute atomic E-state index is 12.3. The van der Waals surface area contributed by atoms with Crippen LogP contribution in [0.1, 0.15) is 27.0 Å². The molecule has 2 rings (SSSR count). The number of benzene rings is 2. The lowest BCUT2D eigenvalue weighted by molar-refractivity contribution is 0.102. The van der Waals surface area contributed by atoms with Crippen LogP contribution in [0.3, 0.4) is 0 Å². The van der Waals surface area contributed by atoms with E-state index in [-0.39, 0.29) is 5.91 Å². The van der Waals surface area contributed by atoms with Gasteiger partial charge < -0.3 is 11.1 Å². The topological polar surface area (TPSA) is 55.1 Å². The summed E-state index contributed by atoms with van der Waals surface area (Å²) < 4.78 is 0. The molecule has 3 nitrogen and oxygen atoms in total. The highest BCUT2D eigenvalue weighted by Gasteiger charge is 2.10. The average Bonchev–Trinajstić information content (AvgIpc) is 2.33. The molecule has 0 spiro atoms. The monoisotopic (exact) mass is 254 g/mol. The van der Waals surface area contributed by atoms with Gasteiger partial charge in [-0.25, -0.2) is 0 Å². The van der Waals surface area contributed by atoms with Gasteiger partial charge in [0.15, 0.2) is 0 Å². The number of anilines is 2. The quantitative estimate of drug-likeness (QED) is 0.806. The molecule has 0 aliphatic heterocycles. The molecular weight excluding hydrogens is 236 g/mol. The second-order valence-electron chi connectivity index (χ2n) is 4.85. The SMILES string of the molecule is Cc1ccc(C(=O)Nc2cc(N)ccc2C)c(C)c1. The van der Waals surface area contributed by atoms with E-state index in [1.54, 1.807) is 6.07 Å². The first kappa shape index (κ1) is 13.1. The molecule has 2 aromatic carbocycles. The molecule has 0 atom stereocenters. The van der Waals surface area contributed by atoms with Crippen LogP contribution < -0.4 is 11.1 Å². The van der Waals surface area contributed by atoms with E-state index in [4.69, 9.17) is 5.73 Å². The Morgan fingerprint density at radius 3 is 2.42 bits per heavy atom. The van der Waals surface area contributed by atoms with Gasteiger partial charge >= 0.3 is 0 Å². The van der Waals surface area contributed by atoms with E-state index >= 15 is 0 Å². The minimum atomic E-state index is -0.105. The van der Waals surface area contributed by atoms with E-state index in [0.717, 1.165) is 22.4 Å². The molecule has 0 saturated carbocycles. The second-order valence-corrected chi connectivity index (χ2v) is 4.85. The molecular formula is C16H18N2O.